The van der Waals surface area contributed by atoms with Crippen molar-refractivity contribution in [3.8, 4) is 5.75 Å². The lowest BCUT2D eigenvalue weighted by Gasteiger charge is -2.16. The van der Waals surface area contributed by atoms with Crippen LogP contribution >= 0.6 is 11.8 Å². The Morgan fingerprint density at radius 2 is 1.97 bits per heavy atom. The summed E-state index contributed by atoms with van der Waals surface area (Å²) in [6.45, 7) is 9.95. The van der Waals surface area contributed by atoms with Gasteiger partial charge < -0.3 is 19.9 Å². The zero-order valence-electron chi connectivity index (χ0n) is 19.8. The lowest BCUT2D eigenvalue weighted by Crippen LogP contribution is -2.29. The predicted octanol–water partition coefficient (Wildman–Crippen LogP) is 4.31. The number of rotatable bonds is 10. The summed E-state index contributed by atoms with van der Waals surface area (Å²) in [5.74, 6) is 0.948. The molecule has 8 nitrogen and oxygen atoms in total. The highest BCUT2D eigenvalue weighted by Crippen LogP contribution is 2.26. The van der Waals surface area contributed by atoms with Crippen LogP contribution in [0.5, 0.6) is 5.75 Å². The van der Waals surface area contributed by atoms with E-state index in [-0.39, 0.29) is 23.6 Å². The molecule has 2 N–H and O–H groups in total. The molecule has 0 saturated heterocycles. The van der Waals surface area contributed by atoms with Gasteiger partial charge in [0, 0.05) is 12.1 Å². The molecule has 0 aliphatic rings. The number of hydrogen-bond acceptors (Lipinski definition) is 6. The highest BCUT2D eigenvalue weighted by molar-refractivity contribution is 7.99. The summed E-state index contributed by atoms with van der Waals surface area (Å²) >= 11 is 1.26. The van der Waals surface area contributed by atoms with Crippen LogP contribution in [-0.2, 0) is 11.3 Å². The van der Waals surface area contributed by atoms with Gasteiger partial charge in [-0.1, -0.05) is 42.1 Å². The van der Waals surface area contributed by atoms with Gasteiger partial charge >= 0.3 is 0 Å². The van der Waals surface area contributed by atoms with Gasteiger partial charge in [-0.05, 0) is 50.1 Å². The van der Waals surface area contributed by atoms with Crippen LogP contribution in [0.2, 0.25) is 0 Å². The Balaban J connectivity index is 1.69. The van der Waals surface area contributed by atoms with Gasteiger partial charge in [0.2, 0.25) is 5.91 Å². The number of amides is 2. The Bertz CT molecular complexity index is 1190. The first kappa shape index (κ1) is 25.0. The molecule has 0 fully saturated rings. The molecule has 1 aromatic heterocycles. The molecule has 1 unspecified atom stereocenters. The molecule has 2 aromatic carbocycles. The fraction of sp³-hybridized carbons (Fsp3) is 0.280. The van der Waals surface area contributed by atoms with Crippen molar-refractivity contribution in [3.63, 3.8) is 0 Å². The summed E-state index contributed by atoms with van der Waals surface area (Å²) in [4.78, 5) is 25.3. The average Bonchev–Trinajstić information content (AvgIpc) is 3.21. The van der Waals surface area contributed by atoms with Crippen LogP contribution in [0.25, 0.3) is 0 Å². The lowest BCUT2D eigenvalue weighted by molar-refractivity contribution is -0.113. The van der Waals surface area contributed by atoms with E-state index >= 15 is 0 Å². The van der Waals surface area contributed by atoms with Crippen LogP contribution in [0.4, 0.5) is 5.69 Å². The van der Waals surface area contributed by atoms with E-state index in [1.165, 1.54) is 11.8 Å². The Hall–Kier alpha value is -3.59. The number of carbonyl (C=O) groups is 2. The fourth-order valence-corrected chi connectivity index (χ4v) is 4.19. The summed E-state index contributed by atoms with van der Waals surface area (Å²) in [7, 11) is 1.56. The van der Waals surface area contributed by atoms with Crippen LogP contribution in [-0.4, -0.2) is 39.4 Å². The second-order valence-corrected chi connectivity index (χ2v) is 8.73. The normalized spacial score (nSPS) is 11.5. The minimum atomic E-state index is -0.390. The molecule has 1 heterocycles. The number of nitrogens with one attached hydrogen (secondary N) is 2. The van der Waals surface area contributed by atoms with E-state index in [1.807, 2.05) is 61.7 Å². The van der Waals surface area contributed by atoms with Crippen molar-refractivity contribution in [2.45, 2.75) is 38.5 Å². The van der Waals surface area contributed by atoms with Gasteiger partial charge in [0.15, 0.2) is 11.0 Å². The quantitative estimate of drug-likeness (QED) is 0.332. The van der Waals surface area contributed by atoms with Gasteiger partial charge in [-0.15, -0.1) is 16.8 Å². The first-order chi connectivity index (χ1) is 16.3. The van der Waals surface area contributed by atoms with E-state index in [4.69, 9.17) is 4.74 Å². The van der Waals surface area contributed by atoms with Gasteiger partial charge in [0.05, 0.1) is 24.6 Å². The molecular formula is C25H29N5O3S. The van der Waals surface area contributed by atoms with Gasteiger partial charge in [0.25, 0.3) is 5.91 Å². The van der Waals surface area contributed by atoms with Crippen LogP contribution in [0.1, 0.15) is 40.3 Å². The van der Waals surface area contributed by atoms with E-state index in [1.54, 1.807) is 19.3 Å². The van der Waals surface area contributed by atoms with Gasteiger partial charge in [-0.2, -0.15) is 0 Å². The summed E-state index contributed by atoms with van der Waals surface area (Å²) < 4.78 is 7.17. The molecule has 0 bridgehead atoms. The Kier molecular flexibility index (Phi) is 8.48. The zero-order chi connectivity index (χ0) is 24.7. The van der Waals surface area contributed by atoms with Crippen LogP contribution in [0, 0.1) is 13.8 Å². The monoisotopic (exact) mass is 479 g/mol. The number of anilines is 1. The summed E-state index contributed by atoms with van der Waals surface area (Å²) in [5.41, 5.74) is 3.14. The van der Waals surface area contributed by atoms with Crippen molar-refractivity contribution in [3.05, 3.63) is 77.6 Å². The fourth-order valence-electron chi connectivity index (χ4n) is 3.43. The Morgan fingerprint density at radius 3 is 2.68 bits per heavy atom. The largest absolute Gasteiger partial charge is 0.495 e. The predicted molar refractivity (Wildman–Crippen MR) is 134 cm³/mol. The third-order valence-electron chi connectivity index (χ3n) is 5.14. The van der Waals surface area contributed by atoms with Crippen molar-refractivity contribution >= 4 is 29.3 Å². The number of thioether (sulfide) groups is 1. The number of benzene rings is 2. The molecule has 2 amide bonds. The lowest BCUT2D eigenvalue weighted by atomic mass is 10.1. The molecule has 178 valence electrons. The van der Waals surface area contributed by atoms with Gasteiger partial charge in [-0.3, -0.25) is 9.59 Å². The van der Waals surface area contributed by atoms with Crippen LogP contribution < -0.4 is 15.4 Å². The number of ether oxygens (including phenoxy) is 1. The SMILES string of the molecule is C=CCn1c(SCC(=O)Nc2cc(C)ccc2OC)nnc1C(C)NC(=O)c1ccccc1C. The second kappa shape index (κ2) is 11.5. The number of aryl methyl sites for hydroxylation is 2. The van der Waals surface area contributed by atoms with E-state index in [2.05, 4.69) is 27.4 Å². The third kappa shape index (κ3) is 6.05. The molecule has 0 aliphatic heterocycles. The maximum Gasteiger partial charge on any atom is 0.252 e. The summed E-state index contributed by atoms with van der Waals surface area (Å²) in [5, 5.41) is 15.0. The molecule has 9 heteroatoms. The topological polar surface area (TPSA) is 98.1 Å². The van der Waals surface area contributed by atoms with E-state index in [0.29, 0.717) is 34.5 Å². The van der Waals surface area contributed by atoms with Gasteiger partial charge in [-0.25, -0.2) is 0 Å². The number of nitrogens with zero attached hydrogens (tertiary/aromatic N) is 3. The first-order valence-corrected chi connectivity index (χ1v) is 11.8. The molecule has 3 rings (SSSR count). The van der Waals surface area contributed by atoms with E-state index in [0.717, 1.165) is 11.1 Å². The van der Waals surface area contributed by atoms with Crippen molar-refractivity contribution < 1.29 is 14.3 Å². The molecular weight excluding hydrogens is 450 g/mol. The number of aromatic nitrogens is 3. The molecule has 0 saturated carbocycles. The summed E-state index contributed by atoms with van der Waals surface area (Å²) in [6.07, 6.45) is 1.73. The van der Waals surface area contributed by atoms with E-state index < -0.39 is 0 Å². The third-order valence-corrected chi connectivity index (χ3v) is 6.11. The maximum absolute atomic E-state index is 12.7. The molecule has 34 heavy (non-hydrogen) atoms. The minimum absolute atomic E-state index is 0.135. The molecule has 1 atom stereocenters. The molecule has 0 spiro atoms. The van der Waals surface area contributed by atoms with Crippen LogP contribution in [0.3, 0.4) is 0 Å². The molecule has 0 aliphatic carbocycles. The second-order valence-electron chi connectivity index (χ2n) is 7.79. The van der Waals surface area contributed by atoms with Crippen molar-refractivity contribution in [1.82, 2.24) is 20.1 Å². The Labute approximate surface area is 203 Å². The number of hydrogen-bond donors (Lipinski definition) is 2. The van der Waals surface area contributed by atoms with Crippen LogP contribution in [0.15, 0.2) is 60.3 Å². The first-order valence-electron chi connectivity index (χ1n) is 10.8. The highest BCUT2D eigenvalue weighted by atomic mass is 32.2. The van der Waals surface area contributed by atoms with Crippen molar-refractivity contribution in [2.75, 3.05) is 18.2 Å². The number of allylic oxidation sites excluding steroid dienone is 1. The number of methoxy groups -OCH3 is 1. The Morgan fingerprint density at radius 1 is 1.21 bits per heavy atom. The molecule has 0 radical (unpaired) electrons. The minimum Gasteiger partial charge on any atom is -0.495 e. The molecule has 3 aromatic rings. The number of carbonyl (C=O) groups excluding carboxylic acids is 2. The van der Waals surface area contributed by atoms with E-state index in [9.17, 15) is 9.59 Å². The summed E-state index contributed by atoms with van der Waals surface area (Å²) in [6, 6.07) is 12.6. The standard InChI is InChI=1S/C25H29N5O3S/c1-6-13-30-23(18(4)26-24(32)19-10-8-7-9-17(19)3)28-29-25(30)34-15-22(31)27-20-14-16(2)11-12-21(20)33-5/h6-12,14,18H,1,13,15H2,2-5H3,(H,26,32)(H,27,31). The van der Waals surface area contributed by atoms with Gasteiger partial charge in [0.1, 0.15) is 5.75 Å². The smallest absolute Gasteiger partial charge is 0.252 e. The highest BCUT2D eigenvalue weighted by Gasteiger charge is 2.21. The van der Waals surface area contributed by atoms with Crippen molar-refractivity contribution in [2.24, 2.45) is 0 Å². The van der Waals surface area contributed by atoms with Crippen molar-refractivity contribution in [1.29, 1.82) is 0 Å². The average molecular weight is 480 g/mol. The zero-order valence-corrected chi connectivity index (χ0v) is 20.6. The maximum atomic E-state index is 12.7.